The van der Waals surface area contributed by atoms with E-state index in [1.165, 1.54) is 60.3 Å². The van der Waals surface area contributed by atoms with Gasteiger partial charge in [-0.25, -0.2) is 4.98 Å². The van der Waals surface area contributed by atoms with Gasteiger partial charge in [-0.05, 0) is 32.1 Å². The van der Waals surface area contributed by atoms with E-state index >= 15 is 0 Å². The second-order valence-corrected chi connectivity index (χ2v) is 15.6. The van der Waals surface area contributed by atoms with Crippen LogP contribution >= 0.6 is 0 Å². The number of allylic oxidation sites excluding steroid dienone is 2. The Hall–Kier alpha value is -5.77. The van der Waals surface area contributed by atoms with Gasteiger partial charge in [-0.1, -0.05) is 45.9 Å². The lowest BCUT2D eigenvalue weighted by Crippen LogP contribution is -2.46. The number of aromatic hydroxyl groups is 1. The normalized spacial score (nSPS) is 30.1. The summed E-state index contributed by atoms with van der Waals surface area (Å²) in [5.41, 5.74) is -0.546. The summed E-state index contributed by atoms with van der Waals surface area (Å²) >= 11 is 0. The molecule has 1 unspecified atom stereocenters. The fraction of sp³-hybridized carbons (Fsp3) is 0.432. The van der Waals surface area contributed by atoms with E-state index in [2.05, 4.69) is 5.32 Å². The minimum Gasteiger partial charge on any atom is -0.505 e. The van der Waals surface area contributed by atoms with Gasteiger partial charge in [-0.15, -0.1) is 0 Å². The summed E-state index contributed by atoms with van der Waals surface area (Å²) in [5, 5.41) is 37.1. The first-order valence-electron chi connectivity index (χ1n) is 19.3. The van der Waals surface area contributed by atoms with Crippen LogP contribution in [0.25, 0.3) is 33.0 Å². The highest BCUT2D eigenvalue weighted by atomic mass is 16.7. The number of ether oxygens (including phenoxy) is 5. The molecule has 3 aromatic carbocycles. The Morgan fingerprint density at radius 3 is 2.34 bits per heavy atom. The smallest absolute Gasteiger partial charge is 0.312 e. The van der Waals surface area contributed by atoms with Gasteiger partial charge < -0.3 is 48.7 Å². The van der Waals surface area contributed by atoms with Crippen molar-refractivity contribution in [1.82, 2.24) is 4.98 Å². The summed E-state index contributed by atoms with van der Waals surface area (Å²) in [4.78, 5) is 59.7. The number of aliphatic hydroxyl groups is 2. The molecule has 0 spiro atoms. The third-order valence-electron chi connectivity index (χ3n) is 11.5. The van der Waals surface area contributed by atoms with Crippen molar-refractivity contribution >= 4 is 56.3 Å². The highest BCUT2D eigenvalue weighted by Crippen LogP contribution is 2.48. The molecule has 15 nitrogen and oxygen atoms in total. The second-order valence-electron chi connectivity index (χ2n) is 15.6. The maximum atomic E-state index is 14.6. The van der Waals surface area contributed by atoms with Crippen LogP contribution in [0.3, 0.4) is 0 Å². The summed E-state index contributed by atoms with van der Waals surface area (Å²) in [5.74, 6) is -6.81. The molecule has 314 valence electrons. The van der Waals surface area contributed by atoms with Crippen molar-refractivity contribution in [3.63, 3.8) is 0 Å². The van der Waals surface area contributed by atoms with E-state index in [9.17, 15) is 34.5 Å². The van der Waals surface area contributed by atoms with Crippen molar-refractivity contribution in [2.45, 2.75) is 85.6 Å². The number of carbonyl (C=O) groups excluding carboxylic acids is 3. The Morgan fingerprint density at radius 1 is 0.966 bits per heavy atom. The topological polar surface area (TPSA) is 213 Å². The molecular formula is C44H50N2O13. The number of carbonyl (C=O) groups is 3. The van der Waals surface area contributed by atoms with Crippen LogP contribution < -0.4 is 20.2 Å². The number of nitrogens with zero attached hydrogens (tertiary/aromatic N) is 1. The van der Waals surface area contributed by atoms with Crippen molar-refractivity contribution in [1.29, 1.82) is 0 Å². The lowest BCUT2D eigenvalue weighted by atomic mass is 9.78. The zero-order chi connectivity index (χ0) is 43.2. The number of nitrogens with one attached hydrogen (secondary N) is 1. The van der Waals surface area contributed by atoms with Crippen molar-refractivity contribution in [2.24, 2.45) is 23.7 Å². The molecule has 6 rings (SSSR count). The first-order chi connectivity index (χ1) is 27.8. The quantitative estimate of drug-likeness (QED) is 0.0808. The predicted octanol–water partition coefficient (Wildman–Crippen LogP) is 6.01. The average Bonchev–Trinajstić information content (AvgIpc) is 3.47. The second kappa shape index (κ2) is 16.5. The highest BCUT2D eigenvalue weighted by Gasteiger charge is 2.49. The number of Topliss-reactive ketones (excluding diaryl/α,β-unsaturated/α-hetero) is 1. The predicted molar refractivity (Wildman–Crippen MR) is 218 cm³/mol. The minimum atomic E-state index is -2.04. The number of fused-ring (bicyclic) bond motifs is 5. The number of rotatable bonds is 3. The largest absolute Gasteiger partial charge is 0.505 e. The van der Waals surface area contributed by atoms with Crippen LogP contribution in [0.1, 0.15) is 64.4 Å². The van der Waals surface area contributed by atoms with Gasteiger partial charge in [0.05, 0.1) is 42.6 Å². The monoisotopic (exact) mass is 814 g/mol. The van der Waals surface area contributed by atoms with E-state index < -0.39 is 82.7 Å². The SMILES string of the molecule is COc1ccc2nc3c(oc2c1)c1c(O)c2c(=O)c(C)c4c(c23)C(=O)[C@@](C)(O/C=C/[C@H](OC)[C@@H](C)[C@@H](OC(C)=O)C(C)[C@H](O)[C@H](C)[C@@H](O)[C@@H](C)/C=C/C=C(/C)C(=O)N1)O4. The lowest BCUT2D eigenvalue weighted by Gasteiger charge is -2.38. The molecule has 3 heterocycles. The molecule has 0 radical (unpaired) electrons. The molecule has 4 aromatic rings. The number of hydrogen-bond acceptors (Lipinski definition) is 14. The number of ketones is 1. The lowest BCUT2D eigenvalue weighted by molar-refractivity contribution is -0.160. The molecule has 9 atom stereocenters. The fourth-order valence-electron chi connectivity index (χ4n) is 7.91. The molecule has 0 saturated heterocycles. The Kier molecular flexibility index (Phi) is 12.0. The molecule has 0 saturated carbocycles. The molecule has 2 aliphatic rings. The molecule has 4 N–H and O–H groups in total. The van der Waals surface area contributed by atoms with Crippen molar-refractivity contribution < 1.29 is 57.8 Å². The zero-order valence-electron chi connectivity index (χ0n) is 34.6. The van der Waals surface area contributed by atoms with Crippen LogP contribution in [-0.2, 0) is 23.8 Å². The number of amides is 1. The molecule has 1 amide bonds. The van der Waals surface area contributed by atoms with Gasteiger partial charge in [0.2, 0.25) is 0 Å². The first kappa shape index (κ1) is 42.8. The van der Waals surface area contributed by atoms with Gasteiger partial charge >= 0.3 is 11.8 Å². The van der Waals surface area contributed by atoms with Crippen LogP contribution in [0.4, 0.5) is 5.69 Å². The van der Waals surface area contributed by atoms with Crippen molar-refractivity contribution in [3.8, 4) is 17.2 Å². The number of hydrogen-bond donors (Lipinski definition) is 4. The van der Waals surface area contributed by atoms with Gasteiger partial charge in [-0.2, -0.15) is 0 Å². The molecular weight excluding hydrogens is 764 g/mol. The van der Waals surface area contributed by atoms with Crippen LogP contribution in [0.2, 0.25) is 0 Å². The molecule has 5 bridgehead atoms. The summed E-state index contributed by atoms with van der Waals surface area (Å²) in [6.07, 6.45) is 3.59. The number of aliphatic hydroxyl groups excluding tert-OH is 2. The molecule has 2 aliphatic heterocycles. The third kappa shape index (κ3) is 7.65. The molecule has 59 heavy (non-hydrogen) atoms. The number of aromatic nitrogens is 1. The van der Waals surface area contributed by atoms with E-state index in [-0.39, 0.29) is 55.6 Å². The third-order valence-corrected chi connectivity index (χ3v) is 11.5. The fourth-order valence-corrected chi connectivity index (χ4v) is 7.91. The maximum absolute atomic E-state index is 14.6. The summed E-state index contributed by atoms with van der Waals surface area (Å²) in [6.45, 7) is 12.5. The Balaban J connectivity index is 1.59. The van der Waals surface area contributed by atoms with Gasteiger partial charge in [0.25, 0.3) is 11.7 Å². The van der Waals surface area contributed by atoms with E-state index in [0.717, 1.165) is 0 Å². The molecule has 0 fully saturated rings. The maximum Gasteiger partial charge on any atom is 0.312 e. The Labute approximate surface area is 340 Å². The van der Waals surface area contributed by atoms with Crippen molar-refractivity contribution in [2.75, 3.05) is 19.5 Å². The van der Waals surface area contributed by atoms with E-state index in [1.807, 2.05) is 0 Å². The first-order valence-corrected chi connectivity index (χ1v) is 19.3. The number of benzene rings is 3. The van der Waals surface area contributed by atoms with Crippen LogP contribution in [0.5, 0.6) is 17.2 Å². The van der Waals surface area contributed by atoms with Crippen LogP contribution in [0.15, 0.2) is 63.6 Å². The number of esters is 1. The molecule has 15 heteroatoms. The van der Waals surface area contributed by atoms with Crippen molar-refractivity contribution in [3.05, 3.63) is 75.7 Å². The minimum absolute atomic E-state index is 0.0102. The number of anilines is 1. The highest BCUT2D eigenvalue weighted by molar-refractivity contribution is 6.26. The van der Waals surface area contributed by atoms with Gasteiger partial charge in [0.15, 0.2) is 22.3 Å². The number of phenolic OH excluding ortho intramolecular Hbond substituents is 1. The number of methoxy groups -OCH3 is 2. The van der Waals surface area contributed by atoms with E-state index in [4.69, 9.17) is 33.1 Å². The average molecular weight is 815 g/mol. The summed E-state index contributed by atoms with van der Waals surface area (Å²) in [6, 6.07) is 4.83. The Bertz CT molecular complexity index is 2500. The van der Waals surface area contributed by atoms with Gasteiger partial charge in [0.1, 0.15) is 34.3 Å². The summed E-state index contributed by atoms with van der Waals surface area (Å²) in [7, 11) is 2.91. The van der Waals surface area contributed by atoms with Crippen LogP contribution in [0, 0.1) is 30.6 Å². The van der Waals surface area contributed by atoms with E-state index in [1.54, 1.807) is 58.0 Å². The molecule has 0 aliphatic carbocycles. The standard InChI is InChI=1S/C44H50N2O13/c1-19-12-11-13-20(2)43(53)46-34-38(51)31-30(33-41(34)58-29-18-26(54-9)14-15-27(29)45-33)32-40(24(6)37(31)50)59-44(8,42(32)52)56-17-16-28(55-10)21(3)39(57-25(7)47)23(5)36(49)22(4)35(19)48/h11-19,21-23,28,35-36,39,48-49,51H,1-10H3,(H,46,53)/b12-11+,17-16+,20-13-/t19-,21+,22+,23?,28-,35-,36+,39+,44-/m0/s1. The van der Waals surface area contributed by atoms with Crippen LogP contribution in [-0.4, -0.2) is 82.4 Å². The zero-order valence-corrected chi connectivity index (χ0v) is 34.6. The summed E-state index contributed by atoms with van der Waals surface area (Å²) < 4.78 is 35.4. The van der Waals surface area contributed by atoms with E-state index in [0.29, 0.717) is 11.3 Å². The Morgan fingerprint density at radius 2 is 1.68 bits per heavy atom. The van der Waals surface area contributed by atoms with Gasteiger partial charge in [-0.3, -0.25) is 19.2 Å². The van der Waals surface area contributed by atoms with Gasteiger partial charge in [0, 0.05) is 67.2 Å². The number of phenols is 1. The molecule has 1 aromatic heterocycles.